The number of benzene rings is 1. The van der Waals surface area contributed by atoms with Crippen molar-refractivity contribution >= 4 is 17.6 Å². The summed E-state index contributed by atoms with van der Waals surface area (Å²) < 4.78 is 0. The monoisotopic (exact) mass is 252 g/mol. The molecule has 1 atom stereocenters. The summed E-state index contributed by atoms with van der Waals surface area (Å²) in [6.45, 7) is 2.93. The molecule has 96 valence electrons. The van der Waals surface area contributed by atoms with Crippen LogP contribution < -0.4 is 5.32 Å². The number of hydrogen-bond donors (Lipinski definition) is 2. The lowest BCUT2D eigenvalue weighted by Gasteiger charge is -2.10. The first kappa shape index (κ1) is 13.6. The highest BCUT2D eigenvalue weighted by molar-refractivity contribution is 5.98. The van der Waals surface area contributed by atoms with Crippen molar-refractivity contribution in [3.05, 3.63) is 39.4 Å². The summed E-state index contributed by atoms with van der Waals surface area (Å²) in [4.78, 5) is 32.3. The van der Waals surface area contributed by atoms with E-state index >= 15 is 0 Å². The molecule has 1 aromatic carbocycles. The van der Waals surface area contributed by atoms with Crippen LogP contribution in [0, 0.1) is 17.0 Å². The molecule has 2 N–H and O–H groups in total. The summed E-state index contributed by atoms with van der Waals surface area (Å²) >= 11 is 0. The van der Waals surface area contributed by atoms with Crippen LogP contribution in [0.3, 0.4) is 0 Å². The number of carboxylic acids is 1. The molecule has 1 unspecified atom stereocenters. The minimum absolute atomic E-state index is 0.0947. The molecule has 7 nitrogen and oxygen atoms in total. The molecule has 0 spiro atoms. The summed E-state index contributed by atoms with van der Waals surface area (Å²) in [6.07, 6.45) is 0. The molecule has 18 heavy (non-hydrogen) atoms. The van der Waals surface area contributed by atoms with Crippen molar-refractivity contribution in [1.29, 1.82) is 0 Å². The van der Waals surface area contributed by atoms with Crippen LogP contribution in [0.1, 0.15) is 22.8 Å². The smallest absolute Gasteiger partial charge is 0.325 e. The SMILES string of the molecule is Cc1ccc([N+](=O)[O-])cc1C(=O)NC(C)C(=O)O. The van der Waals surface area contributed by atoms with Gasteiger partial charge in [0.15, 0.2) is 0 Å². The third-order valence-electron chi connectivity index (χ3n) is 2.39. The zero-order chi connectivity index (χ0) is 13.9. The van der Waals surface area contributed by atoms with Gasteiger partial charge >= 0.3 is 5.97 Å². The van der Waals surface area contributed by atoms with Gasteiger partial charge in [-0.15, -0.1) is 0 Å². The van der Waals surface area contributed by atoms with E-state index in [0.29, 0.717) is 5.56 Å². The summed E-state index contributed by atoms with van der Waals surface area (Å²) in [5.41, 5.74) is 0.418. The Bertz CT molecular complexity index is 512. The van der Waals surface area contributed by atoms with Crippen LogP contribution in [0.5, 0.6) is 0 Å². The third kappa shape index (κ3) is 3.03. The number of carbonyl (C=O) groups is 2. The summed E-state index contributed by atoms with van der Waals surface area (Å²) in [5.74, 6) is -1.82. The fraction of sp³-hybridized carbons (Fsp3) is 0.273. The minimum Gasteiger partial charge on any atom is -0.480 e. The standard InChI is InChI=1S/C11H12N2O5/c1-6-3-4-8(13(17)18)5-9(6)10(14)12-7(2)11(15)16/h3-5,7H,1-2H3,(H,12,14)(H,15,16). The van der Waals surface area contributed by atoms with Crippen molar-refractivity contribution in [1.82, 2.24) is 5.32 Å². The van der Waals surface area contributed by atoms with E-state index < -0.39 is 22.8 Å². The quantitative estimate of drug-likeness (QED) is 0.616. The van der Waals surface area contributed by atoms with Crippen molar-refractivity contribution in [2.24, 2.45) is 0 Å². The van der Waals surface area contributed by atoms with Gasteiger partial charge < -0.3 is 10.4 Å². The van der Waals surface area contributed by atoms with Crippen molar-refractivity contribution in [3.8, 4) is 0 Å². The van der Waals surface area contributed by atoms with E-state index in [1.165, 1.54) is 19.1 Å². The maximum absolute atomic E-state index is 11.8. The van der Waals surface area contributed by atoms with E-state index in [0.717, 1.165) is 6.07 Å². The predicted octanol–water partition coefficient (Wildman–Crippen LogP) is 1.11. The van der Waals surface area contributed by atoms with Gasteiger partial charge in [-0.2, -0.15) is 0 Å². The molecule has 7 heteroatoms. The Labute approximate surface area is 103 Å². The topological polar surface area (TPSA) is 110 Å². The number of carboxylic acid groups (broad SMARTS) is 1. The number of non-ortho nitro benzene ring substituents is 1. The second-order valence-corrected chi connectivity index (χ2v) is 3.79. The number of nitrogens with one attached hydrogen (secondary N) is 1. The number of carbonyl (C=O) groups excluding carboxylic acids is 1. The van der Waals surface area contributed by atoms with Gasteiger partial charge in [-0.05, 0) is 19.4 Å². The average molecular weight is 252 g/mol. The van der Waals surface area contributed by atoms with E-state index in [9.17, 15) is 19.7 Å². The lowest BCUT2D eigenvalue weighted by atomic mass is 10.1. The van der Waals surface area contributed by atoms with Crippen LogP contribution in [-0.4, -0.2) is 27.9 Å². The number of rotatable bonds is 4. The van der Waals surface area contributed by atoms with E-state index in [4.69, 9.17) is 5.11 Å². The van der Waals surface area contributed by atoms with Gasteiger partial charge in [0.25, 0.3) is 11.6 Å². The molecular formula is C11H12N2O5. The van der Waals surface area contributed by atoms with Crippen molar-refractivity contribution in [2.75, 3.05) is 0 Å². The average Bonchev–Trinajstić information content (AvgIpc) is 2.28. The Morgan fingerprint density at radius 1 is 1.44 bits per heavy atom. The highest BCUT2D eigenvalue weighted by atomic mass is 16.6. The normalized spacial score (nSPS) is 11.7. The fourth-order valence-electron chi connectivity index (χ4n) is 1.30. The molecule has 0 heterocycles. The van der Waals surface area contributed by atoms with E-state index in [1.54, 1.807) is 6.92 Å². The Balaban J connectivity index is 3.01. The van der Waals surface area contributed by atoms with Crippen molar-refractivity contribution in [3.63, 3.8) is 0 Å². The Kier molecular flexibility index (Phi) is 3.98. The van der Waals surface area contributed by atoms with Crippen LogP contribution in [0.4, 0.5) is 5.69 Å². The van der Waals surface area contributed by atoms with Crippen LogP contribution in [0.2, 0.25) is 0 Å². The number of nitro benzene ring substituents is 1. The van der Waals surface area contributed by atoms with E-state index in [1.807, 2.05) is 0 Å². The molecule has 0 aliphatic rings. The summed E-state index contributed by atoms with van der Waals surface area (Å²) in [6, 6.07) is 2.79. The highest BCUT2D eigenvalue weighted by Gasteiger charge is 2.18. The Hall–Kier alpha value is -2.44. The van der Waals surface area contributed by atoms with Crippen LogP contribution >= 0.6 is 0 Å². The molecule has 1 rings (SSSR count). The van der Waals surface area contributed by atoms with Crippen molar-refractivity contribution < 1.29 is 19.6 Å². The van der Waals surface area contributed by atoms with Gasteiger partial charge in [-0.3, -0.25) is 19.7 Å². The van der Waals surface area contributed by atoms with E-state index in [2.05, 4.69) is 5.32 Å². The molecule has 0 fully saturated rings. The number of hydrogen-bond acceptors (Lipinski definition) is 4. The van der Waals surface area contributed by atoms with Crippen molar-refractivity contribution in [2.45, 2.75) is 19.9 Å². The lowest BCUT2D eigenvalue weighted by Crippen LogP contribution is -2.38. The molecule has 0 aromatic heterocycles. The molecule has 0 radical (unpaired) electrons. The van der Waals surface area contributed by atoms with Crippen LogP contribution in [0.25, 0.3) is 0 Å². The molecular weight excluding hydrogens is 240 g/mol. The zero-order valence-electron chi connectivity index (χ0n) is 9.84. The molecule has 1 aromatic rings. The van der Waals surface area contributed by atoms with Gasteiger partial charge in [0.2, 0.25) is 0 Å². The Morgan fingerprint density at radius 3 is 2.56 bits per heavy atom. The first-order valence-corrected chi connectivity index (χ1v) is 5.11. The summed E-state index contributed by atoms with van der Waals surface area (Å²) in [5, 5.41) is 21.5. The number of nitrogens with zero attached hydrogens (tertiary/aromatic N) is 1. The maximum atomic E-state index is 11.8. The fourth-order valence-corrected chi connectivity index (χ4v) is 1.30. The molecule has 0 aliphatic carbocycles. The van der Waals surface area contributed by atoms with Gasteiger partial charge in [0.05, 0.1) is 4.92 Å². The lowest BCUT2D eigenvalue weighted by molar-refractivity contribution is -0.384. The highest BCUT2D eigenvalue weighted by Crippen LogP contribution is 2.17. The molecule has 1 amide bonds. The third-order valence-corrected chi connectivity index (χ3v) is 2.39. The number of aliphatic carboxylic acids is 1. The van der Waals surface area contributed by atoms with Gasteiger partial charge in [-0.1, -0.05) is 6.07 Å². The largest absolute Gasteiger partial charge is 0.480 e. The van der Waals surface area contributed by atoms with Gasteiger partial charge in [0, 0.05) is 17.7 Å². The van der Waals surface area contributed by atoms with Gasteiger partial charge in [0.1, 0.15) is 6.04 Å². The molecule has 0 bridgehead atoms. The first-order chi connectivity index (χ1) is 8.32. The zero-order valence-corrected chi connectivity index (χ0v) is 9.84. The predicted molar refractivity (Wildman–Crippen MR) is 62.4 cm³/mol. The molecule has 0 aliphatic heterocycles. The minimum atomic E-state index is -1.17. The van der Waals surface area contributed by atoms with Crippen LogP contribution in [-0.2, 0) is 4.79 Å². The maximum Gasteiger partial charge on any atom is 0.325 e. The Morgan fingerprint density at radius 2 is 2.06 bits per heavy atom. The number of aryl methyl sites for hydroxylation is 1. The molecule has 0 saturated carbocycles. The first-order valence-electron chi connectivity index (χ1n) is 5.11. The second kappa shape index (κ2) is 5.26. The number of amides is 1. The summed E-state index contributed by atoms with van der Waals surface area (Å²) in [7, 11) is 0. The molecule has 0 saturated heterocycles. The second-order valence-electron chi connectivity index (χ2n) is 3.79. The van der Waals surface area contributed by atoms with E-state index in [-0.39, 0.29) is 11.3 Å². The number of nitro groups is 1. The van der Waals surface area contributed by atoms with Gasteiger partial charge in [-0.25, -0.2) is 0 Å². The van der Waals surface area contributed by atoms with Crippen LogP contribution in [0.15, 0.2) is 18.2 Å².